The van der Waals surface area contributed by atoms with E-state index in [0.717, 1.165) is 44.9 Å². The Morgan fingerprint density at radius 2 is 1.49 bits per heavy atom. The molecule has 0 N–H and O–H groups in total. The maximum Gasteiger partial charge on any atom is 0.229 e. The number of rotatable bonds is 10. The van der Waals surface area contributed by atoms with Crippen molar-refractivity contribution in [3.63, 3.8) is 0 Å². The van der Waals surface area contributed by atoms with Crippen molar-refractivity contribution >= 4 is 40.9 Å². The van der Waals surface area contributed by atoms with Crippen molar-refractivity contribution in [3.8, 4) is 0 Å². The zero-order chi connectivity index (χ0) is 39.0. The van der Waals surface area contributed by atoms with Gasteiger partial charge in [-0.25, -0.2) is 0 Å². The lowest BCUT2D eigenvalue weighted by atomic mass is 9.75. The Labute approximate surface area is 317 Å². The number of hydrogen-bond acceptors (Lipinski definition) is 8. The maximum absolute atomic E-state index is 14.7. The topological polar surface area (TPSA) is 135 Å². The summed E-state index contributed by atoms with van der Waals surface area (Å²) in [6.07, 6.45) is 6.95. The fraction of sp³-hybridized carbons (Fsp3) is 0.837. The fourth-order valence-corrected chi connectivity index (χ4v) is 9.44. The molecule has 7 atom stereocenters. The number of piperidine rings is 2. The summed E-state index contributed by atoms with van der Waals surface area (Å²) in [5.74, 6) is -3.22. The van der Waals surface area contributed by atoms with E-state index in [-0.39, 0.29) is 109 Å². The van der Waals surface area contributed by atoms with Crippen LogP contribution in [0.4, 0.5) is 0 Å². The van der Waals surface area contributed by atoms with Crippen molar-refractivity contribution in [2.24, 2.45) is 51.8 Å². The van der Waals surface area contributed by atoms with Gasteiger partial charge in [0.25, 0.3) is 0 Å². The Hall–Kier alpha value is -2.75. The molecule has 0 bridgehead atoms. The van der Waals surface area contributed by atoms with Crippen LogP contribution >= 0.6 is 0 Å². The lowest BCUT2D eigenvalue weighted by Crippen LogP contribution is -2.51. The first-order valence-corrected chi connectivity index (χ1v) is 20.6. The van der Waals surface area contributed by atoms with Gasteiger partial charge in [-0.3, -0.25) is 38.5 Å². The molecule has 2 aliphatic carbocycles. The Morgan fingerprint density at radius 1 is 0.868 bits per heavy atom. The van der Waals surface area contributed by atoms with Gasteiger partial charge in [0.1, 0.15) is 5.78 Å². The quantitative estimate of drug-likeness (QED) is 0.182. The predicted octanol–water partition coefficient (Wildman–Crippen LogP) is 6.55. The molecule has 0 radical (unpaired) electrons. The molecule has 2 saturated carbocycles. The number of amides is 3. The van der Waals surface area contributed by atoms with Crippen molar-refractivity contribution in [2.45, 2.75) is 157 Å². The van der Waals surface area contributed by atoms with E-state index >= 15 is 0 Å². The summed E-state index contributed by atoms with van der Waals surface area (Å²) < 4.78 is 6.27. The molecule has 3 aliphatic heterocycles. The number of carbonyl (C=O) groups is 7. The average Bonchev–Trinajstić information content (AvgIpc) is 3.90. The van der Waals surface area contributed by atoms with E-state index in [0.29, 0.717) is 19.6 Å². The van der Waals surface area contributed by atoms with Crippen LogP contribution in [0.3, 0.4) is 0 Å². The standard InChI is InChI=1S/C43H66N2O8/c1-26-31(21-30(46)20-29(41(2,3)4)24-44-35(49)22-42(5,6)23-36(44)50)40(52)45-25-32-37(43(32,7)8)38(45)33(47)19-28(14-12-10-9-11-13-17-53-26)39(51)34(48)18-27-15-16-27/h26-29,31-32,37-38H,9-25H2,1-8H3/t26-,28+,29+,31-,32-,37-,38+/m0/s1. The molecule has 3 saturated heterocycles. The molecule has 5 fully saturated rings. The van der Waals surface area contributed by atoms with Crippen LogP contribution < -0.4 is 0 Å². The minimum atomic E-state index is -0.816. The van der Waals surface area contributed by atoms with E-state index in [9.17, 15) is 33.6 Å². The molecule has 3 heterocycles. The fourth-order valence-electron chi connectivity index (χ4n) is 9.44. The van der Waals surface area contributed by atoms with E-state index in [2.05, 4.69) is 13.8 Å². The SMILES string of the molecule is C[C@@H]1OCCCCCCC[C@@H](C(=O)C(=O)CC2CC2)CC(=O)[C@@H]2[C@@H]3[C@H](CN2C(=O)[C@H]1CC(=O)C[C@H](CN1C(=O)CC(C)(C)CC1=O)C(C)(C)C)C3(C)C. The van der Waals surface area contributed by atoms with Crippen molar-refractivity contribution in [2.75, 3.05) is 19.7 Å². The zero-order valence-electron chi connectivity index (χ0n) is 33.8. The number of carbonyl (C=O) groups excluding carboxylic acids is 7. The second-order valence-corrected chi connectivity index (χ2v) is 19.9. The van der Waals surface area contributed by atoms with Crippen LogP contribution in [0.25, 0.3) is 0 Å². The van der Waals surface area contributed by atoms with Crippen LogP contribution in [0, 0.1) is 51.8 Å². The van der Waals surface area contributed by atoms with E-state index < -0.39 is 40.6 Å². The van der Waals surface area contributed by atoms with E-state index in [1.807, 2.05) is 41.5 Å². The molecule has 0 aromatic carbocycles. The monoisotopic (exact) mass is 738 g/mol. The van der Waals surface area contributed by atoms with Gasteiger partial charge in [0.2, 0.25) is 23.5 Å². The molecule has 3 amide bonds. The summed E-state index contributed by atoms with van der Waals surface area (Å²) >= 11 is 0. The van der Waals surface area contributed by atoms with Crippen LogP contribution in [0.5, 0.6) is 0 Å². The molecule has 0 spiro atoms. The minimum Gasteiger partial charge on any atom is -0.378 e. The normalized spacial score (nSPS) is 31.8. The van der Waals surface area contributed by atoms with Crippen LogP contribution in [-0.4, -0.2) is 82.5 Å². The molecule has 0 aromatic heterocycles. The summed E-state index contributed by atoms with van der Waals surface area (Å²) in [5.41, 5.74) is -0.929. The molecular weight excluding hydrogens is 672 g/mol. The molecular formula is C43H66N2O8. The highest BCUT2D eigenvalue weighted by Gasteiger charge is 2.69. The second kappa shape index (κ2) is 16.2. The van der Waals surface area contributed by atoms with E-state index in [1.54, 1.807) is 4.90 Å². The number of hydrogen-bond donors (Lipinski definition) is 0. The van der Waals surface area contributed by atoms with Gasteiger partial charge in [0.15, 0.2) is 11.6 Å². The molecule has 10 heteroatoms. The lowest BCUT2D eigenvalue weighted by molar-refractivity contribution is -0.154. The largest absolute Gasteiger partial charge is 0.378 e. The highest BCUT2D eigenvalue weighted by molar-refractivity contribution is 6.38. The van der Waals surface area contributed by atoms with Gasteiger partial charge in [-0.15, -0.1) is 0 Å². The van der Waals surface area contributed by atoms with Gasteiger partial charge in [-0.05, 0) is 72.5 Å². The van der Waals surface area contributed by atoms with Gasteiger partial charge in [0, 0.05) is 64.1 Å². The first-order valence-electron chi connectivity index (χ1n) is 20.6. The van der Waals surface area contributed by atoms with Gasteiger partial charge in [-0.2, -0.15) is 0 Å². The number of fused-ring (bicyclic) bond motifs is 3. The molecule has 5 aliphatic rings. The molecule has 53 heavy (non-hydrogen) atoms. The predicted molar refractivity (Wildman–Crippen MR) is 200 cm³/mol. The van der Waals surface area contributed by atoms with Crippen molar-refractivity contribution in [1.82, 2.24) is 9.80 Å². The van der Waals surface area contributed by atoms with Gasteiger partial charge in [0.05, 0.1) is 18.1 Å². The molecule has 5 rings (SSSR count). The first-order chi connectivity index (χ1) is 24.7. The first kappa shape index (κ1) is 41.4. The summed E-state index contributed by atoms with van der Waals surface area (Å²) in [6.45, 7) is 16.9. The minimum absolute atomic E-state index is 0.0433. The van der Waals surface area contributed by atoms with Gasteiger partial charge >= 0.3 is 0 Å². The van der Waals surface area contributed by atoms with Gasteiger partial charge in [-0.1, -0.05) is 74.1 Å². The summed E-state index contributed by atoms with van der Waals surface area (Å²) in [7, 11) is 0. The van der Waals surface area contributed by atoms with E-state index in [1.165, 1.54) is 4.90 Å². The van der Waals surface area contributed by atoms with E-state index in [4.69, 9.17) is 4.74 Å². The number of likely N-dealkylation sites (tertiary alicyclic amines) is 1. The lowest BCUT2D eigenvalue weighted by Gasteiger charge is -2.39. The third kappa shape index (κ3) is 9.93. The third-order valence-corrected chi connectivity index (χ3v) is 13.5. The number of ether oxygens (including phenoxy) is 1. The number of imide groups is 1. The third-order valence-electron chi connectivity index (χ3n) is 13.5. The van der Waals surface area contributed by atoms with Crippen molar-refractivity contribution in [3.05, 3.63) is 0 Å². The second-order valence-electron chi connectivity index (χ2n) is 19.9. The highest BCUT2D eigenvalue weighted by atomic mass is 16.5. The Bertz CT molecular complexity index is 1430. The van der Waals surface area contributed by atoms with Gasteiger partial charge < -0.3 is 9.64 Å². The van der Waals surface area contributed by atoms with Crippen LogP contribution in [0.1, 0.15) is 145 Å². The number of Topliss-reactive ketones (excluding diaryl/α,β-unsaturated/α-hetero) is 4. The summed E-state index contributed by atoms with van der Waals surface area (Å²) in [5, 5.41) is 0. The average molecular weight is 739 g/mol. The summed E-state index contributed by atoms with van der Waals surface area (Å²) in [4.78, 5) is 98.8. The Kier molecular flexibility index (Phi) is 12.6. The highest BCUT2D eigenvalue weighted by Crippen LogP contribution is 2.65. The van der Waals surface area contributed by atoms with Crippen molar-refractivity contribution < 1.29 is 38.3 Å². The Balaban J connectivity index is 1.36. The molecule has 0 aromatic rings. The number of nitrogens with zero attached hydrogens (tertiary/aromatic N) is 2. The molecule has 296 valence electrons. The number of ketones is 4. The maximum atomic E-state index is 14.7. The van der Waals surface area contributed by atoms with Crippen molar-refractivity contribution in [1.29, 1.82) is 0 Å². The van der Waals surface area contributed by atoms with Crippen LogP contribution in [-0.2, 0) is 38.3 Å². The molecule has 0 unspecified atom stereocenters. The molecule has 10 nitrogen and oxygen atoms in total. The van der Waals surface area contributed by atoms with Crippen LogP contribution in [0.15, 0.2) is 0 Å². The summed E-state index contributed by atoms with van der Waals surface area (Å²) in [6, 6.07) is -0.711. The Morgan fingerprint density at radius 3 is 2.11 bits per heavy atom. The smallest absolute Gasteiger partial charge is 0.229 e. The zero-order valence-corrected chi connectivity index (χ0v) is 33.8. The van der Waals surface area contributed by atoms with Crippen LogP contribution in [0.2, 0.25) is 0 Å².